The summed E-state index contributed by atoms with van der Waals surface area (Å²) in [7, 11) is 0. The Morgan fingerprint density at radius 3 is 2.59 bits per heavy atom. The molecule has 27 heavy (non-hydrogen) atoms. The van der Waals surface area contributed by atoms with Gasteiger partial charge < -0.3 is 0 Å². The Balaban J connectivity index is 2.08. The molecular weight excluding hydrogens is 384 g/mol. The minimum Gasteiger partial charge on any atom is -0.291 e. The van der Waals surface area contributed by atoms with E-state index in [9.17, 15) is 9.59 Å². The molecule has 0 saturated heterocycles. The number of H-pyrrole nitrogens is 1. The van der Waals surface area contributed by atoms with Gasteiger partial charge in [-0.2, -0.15) is 0 Å². The van der Waals surface area contributed by atoms with E-state index in [0.717, 1.165) is 5.56 Å². The highest BCUT2D eigenvalue weighted by atomic mass is 35.5. The summed E-state index contributed by atoms with van der Waals surface area (Å²) in [6.07, 6.45) is 1.25. The van der Waals surface area contributed by atoms with Gasteiger partial charge in [0.05, 0.1) is 11.3 Å². The number of halogens is 1. The number of thioether (sulfide) groups is 1. The number of aromatic amines is 1. The molecule has 8 heteroatoms. The molecule has 0 aliphatic carbocycles. The fourth-order valence-corrected chi connectivity index (χ4v) is 3.83. The minimum atomic E-state index is -0.585. The summed E-state index contributed by atoms with van der Waals surface area (Å²) in [5.74, 6) is -0.145. The third kappa shape index (κ3) is 2.93. The van der Waals surface area contributed by atoms with Crippen LogP contribution in [0.2, 0.25) is 5.02 Å². The molecule has 0 unspecified atom stereocenters. The van der Waals surface area contributed by atoms with Gasteiger partial charge in [0.25, 0.3) is 6.17 Å². The topological polar surface area (TPSA) is 69.9 Å². The van der Waals surface area contributed by atoms with Crippen LogP contribution < -0.4 is 15.1 Å². The number of amides is 1. The first-order valence-corrected chi connectivity index (χ1v) is 9.86. The third-order valence-corrected chi connectivity index (χ3v) is 5.28. The molecule has 0 spiro atoms. The first kappa shape index (κ1) is 17.8. The van der Waals surface area contributed by atoms with Crippen molar-refractivity contribution in [1.29, 1.82) is 0 Å². The van der Waals surface area contributed by atoms with Gasteiger partial charge in [-0.25, -0.2) is 4.90 Å². The second kappa shape index (κ2) is 6.83. The van der Waals surface area contributed by atoms with Gasteiger partial charge in [-0.15, -0.1) is 0 Å². The van der Waals surface area contributed by atoms with Crippen molar-refractivity contribution in [3.05, 3.63) is 69.5 Å². The number of aromatic nitrogens is 3. The van der Waals surface area contributed by atoms with E-state index in [0.29, 0.717) is 27.1 Å². The summed E-state index contributed by atoms with van der Waals surface area (Å²) in [4.78, 5) is 29.9. The molecule has 1 aromatic heterocycles. The summed E-state index contributed by atoms with van der Waals surface area (Å²) in [6.45, 7) is 1.51. The van der Waals surface area contributed by atoms with Crippen molar-refractivity contribution >= 4 is 35.0 Å². The van der Waals surface area contributed by atoms with Gasteiger partial charge in [-0.1, -0.05) is 35.5 Å². The number of nitrogens with zero attached hydrogens (tertiary/aromatic N) is 3. The van der Waals surface area contributed by atoms with Crippen molar-refractivity contribution < 1.29 is 9.48 Å². The largest absolute Gasteiger partial charge is 0.325 e. The Bertz CT molecular complexity index is 1100. The average Bonchev–Trinajstić information content (AvgIpc) is 2.67. The predicted molar refractivity (Wildman–Crippen MR) is 105 cm³/mol. The SMILES string of the molecule is CSc1n[n+]2c(c(=O)[nH]1)-c1ccccc1N(C(C)=O)[C@H]2c1ccc(Cl)cc1. The van der Waals surface area contributed by atoms with Crippen LogP contribution in [0.1, 0.15) is 18.7 Å². The lowest BCUT2D eigenvalue weighted by atomic mass is 10.0. The standard InChI is InChI=1S/C19H15ClN4O2S/c1-11(25)23-15-6-4-3-5-14(15)16-17(26)21-19(27-2)22-24(16)18(23)12-7-9-13(20)10-8-12/h3-10,18H,1-2H3/p+1/t18-/m1/s1. The molecule has 2 heterocycles. The summed E-state index contributed by atoms with van der Waals surface area (Å²) in [5, 5.41) is 5.67. The van der Waals surface area contributed by atoms with Gasteiger partial charge in [0.2, 0.25) is 11.1 Å². The number of fused-ring (bicyclic) bond motifs is 3. The molecule has 0 fully saturated rings. The molecule has 1 atom stereocenters. The molecule has 1 aliphatic rings. The van der Waals surface area contributed by atoms with Gasteiger partial charge in [-0.3, -0.25) is 14.6 Å². The molecule has 3 aromatic rings. The first-order valence-electron chi connectivity index (χ1n) is 8.26. The lowest BCUT2D eigenvalue weighted by molar-refractivity contribution is -0.763. The minimum absolute atomic E-state index is 0.145. The number of rotatable bonds is 2. The fraction of sp³-hybridized carbons (Fsp3) is 0.158. The van der Waals surface area contributed by atoms with E-state index in [1.165, 1.54) is 18.7 Å². The number of hydrogen-bond donors (Lipinski definition) is 1. The lowest BCUT2D eigenvalue weighted by Gasteiger charge is -2.31. The number of anilines is 1. The molecule has 1 aliphatic heterocycles. The lowest BCUT2D eigenvalue weighted by Crippen LogP contribution is -2.60. The Labute approximate surface area is 164 Å². The fourth-order valence-electron chi connectivity index (χ4n) is 3.34. The Morgan fingerprint density at radius 1 is 1.22 bits per heavy atom. The highest BCUT2D eigenvalue weighted by molar-refractivity contribution is 7.98. The maximum Gasteiger partial charge on any atom is 0.325 e. The highest BCUT2D eigenvalue weighted by Crippen LogP contribution is 2.37. The second-order valence-electron chi connectivity index (χ2n) is 6.09. The van der Waals surface area contributed by atoms with Crippen molar-refractivity contribution in [3.63, 3.8) is 0 Å². The van der Waals surface area contributed by atoms with Gasteiger partial charge in [0.1, 0.15) is 0 Å². The molecule has 136 valence electrons. The van der Waals surface area contributed by atoms with Gasteiger partial charge >= 0.3 is 11.3 Å². The van der Waals surface area contributed by atoms with Gasteiger partial charge in [-0.05, 0) is 47.3 Å². The Kier molecular flexibility index (Phi) is 4.49. The van der Waals surface area contributed by atoms with Crippen molar-refractivity contribution in [2.75, 3.05) is 11.2 Å². The van der Waals surface area contributed by atoms with E-state index in [1.807, 2.05) is 42.7 Å². The molecule has 1 N–H and O–H groups in total. The van der Waals surface area contributed by atoms with Crippen LogP contribution in [0.4, 0.5) is 5.69 Å². The zero-order chi connectivity index (χ0) is 19.1. The van der Waals surface area contributed by atoms with E-state index in [2.05, 4.69) is 10.1 Å². The van der Waals surface area contributed by atoms with Gasteiger partial charge in [0.15, 0.2) is 0 Å². The van der Waals surface area contributed by atoms with Crippen LogP contribution in [-0.2, 0) is 4.79 Å². The van der Waals surface area contributed by atoms with Gasteiger partial charge in [0, 0.05) is 22.6 Å². The molecule has 0 bridgehead atoms. The molecule has 2 aromatic carbocycles. The average molecular weight is 400 g/mol. The molecule has 4 rings (SSSR count). The Morgan fingerprint density at radius 2 is 1.93 bits per heavy atom. The number of nitrogens with one attached hydrogen (secondary N) is 1. The van der Waals surface area contributed by atoms with Crippen molar-refractivity contribution in [2.45, 2.75) is 18.2 Å². The van der Waals surface area contributed by atoms with Crippen LogP contribution in [0, 0.1) is 0 Å². The number of carbonyl (C=O) groups is 1. The third-order valence-electron chi connectivity index (χ3n) is 4.46. The number of hydrogen-bond acceptors (Lipinski definition) is 4. The van der Waals surface area contributed by atoms with Crippen LogP contribution in [0.3, 0.4) is 0 Å². The smallest absolute Gasteiger partial charge is 0.291 e. The molecular formula is C19H16ClN4O2S+. The number of para-hydroxylation sites is 1. The summed E-state index contributed by atoms with van der Waals surface area (Å²) in [5.41, 5.74) is 2.32. The maximum atomic E-state index is 12.9. The number of carbonyl (C=O) groups excluding carboxylic acids is 1. The molecule has 6 nitrogen and oxygen atoms in total. The van der Waals surface area contributed by atoms with E-state index in [1.54, 1.807) is 21.7 Å². The van der Waals surface area contributed by atoms with E-state index >= 15 is 0 Å². The second-order valence-corrected chi connectivity index (χ2v) is 7.32. The zero-order valence-corrected chi connectivity index (χ0v) is 16.2. The van der Waals surface area contributed by atoms with Crippen molar-refractivity contribution in [3.8, 4) is 11.3 Å². The van der Waals surface area contributed by atoms with Crippen LogP contribution in [0.25, 0.3) is 11.3 Å². The van der Waals surface area contributed by atoms with E-state index in [-0.39, 0.29) is 11.5 Å². The van der Waals surface area contributed by atoms with Crippen molar-refractivity contribution in [1.82, 2.24) is 10.1 Å². The number of benzene rings is 2. The Hall–Kier alpha value is -2.64. The summed E-state index contributed by atoms with van der Waals surface area (Å²) in [6, 6.07) is 14.6. The summed E-state index contributed by atoms with van der Waals surface area (Å²) < 4.78 is 1.62. The maximum absolute atomic E-state index is 12.9. The monoisotopic (exact) mass is 399 g/mol. The highest BCUT2D eigenvalue weighted by Gasteiger charge is 2.44. The quantitative estimate of drug-likeness (QED) is 0.531. The van der Waals surface area contributed by atoms with Crippen LogP contribution in [-0.4, -0.2) is 22.2 Å². The van der Waals surface area contributed by atoms with Crippen LogP contribution in [0.5, 0.6) is 0 Å². The predicted octanol–water partition coefficient (Wildman–Crippen LogP) is 3.01. The zero-order valence-electron chi connectivity index (χ0n) is 14.6. The van der Waals surface area contributed by atoms with Crippen molar-refractivity contribution in [2.24, 2.45) is 0 Å². The molecule has 0 radical (unpaired) electrons. The van der Waals surface area contributed by atoms with Crippen LogP contribution >= 0.6 is 23.4 Å². The normalized spacial score (nSPS) is 15.2. The molecule has 1 amide bonds. The van der Waals surface area contributed by atoms with E-state index in [4.69, 9.17) is 11.6 Å². The van der Waals surface area contributed by atoms with Crippen LogP contribution in [0.15, 0.2) is 58.5 Å². The molecule has 0 saturated carbocycles. The van der Waals surface area contributed by atoms with E-state index < -0.39 is 6.17 Å². The summed E-state index contributed by atoms with van der Waals surface area (Å²) >= 11 is 7.38. The first-order chi connectivity index (χ1) is 13.0.